The van der Waals surface area contributed by atoms with E-state index in [-0.39, 0.29) is 12.3 Å². The van der Waals surface area contributed by atoms with Crippen molar-refractivity contribution in [2.75, 3.05) is 6.54 Å². The molecule has 5 heteroatoms. The van der Waals surface area contributed by atoms with E-state index in [0.717, 1.165) is 10.1 Å². The Morgan fingerprint density at radius 1 is 1.60 bits per heavy atom. The van der Waals surface area contributed by atoms with E-state index in [1.54, 1.807) is 4.40 Å². The Bertz CT molecular complexity index is 533. The summed E-state index contributed by atoms with van der Waals surface area (Å²) in [5.41, 5.74) is 7.39. The zero-order valence-electron chi connectivity index (χ0n) is 8.20. The summed E-state index contributed by atoms with van der Waals surface area (Å²) in [6.07, 6.45) is 1.82. The van der Waals surface area contributed by atoms with Crippen LogP contribution in [0, 0.1) is 6.92 Å². The smallest absolute Gasteiger partial charge is 0.194 e. The van der Waals surface area contributed by atoms with Crippen LogP contribution in [0.2, 0.25) is 0 Å². The number of hydrogen-bond donors (Lipinski definition) is 1. The fourth-order valence-corrected chi connectivity index (χ4v) is 1.91. The molecule has 2 aromatic heterocycles. The van der Waals surface area contributed by atoms with Gasteiger partial charge < -0.3 is 5.73 Å². The number of Topliss-reactive ketones (excluding diaryl/α,β-unsaturated/α-hetero) is 1. The van der Waals surface area contributed by atoms with Crippen LogP contribution >= 0.6 is 15.9 Å². The number of ketones is 1. The van der Waals surface area contributed by atoms with Crippen LogP contribution in [0.4, 0.5) is 0 Å². The third-order valence-electron chi connectivity index (χ3n) is 2.21. The molecule has 0 aliphatic rings. The average molecular weight is 268 g/mol. The van der Waals surface area contributed by atoms with Crippen LogP contribution in [-0.2, 0) is 0 Å². The van der Waals surface area contributed by atoms with E-state index in [9.17, 15) is 4.79 Å². The Morgan fingerprint density at radius 3 is 3.00 bits per heavy atom. The zero-order chi connectivity index (χ0) is 11.0. The van der Waals surface area contributed by atoms with E-state index in [2.05, 4.69) is 20.9 Å². The first-order chi connectivity index (χ1) is 7.13. The lowest BCUT2D eigenvalue weighted by atomic mass is 10.2. The van der Waals surface area contributed by atoms with Crippen molar-refractivity contribution in [1.29, 1.82) is 0 Å². The van der Waals surface area contributed by atoms with E-state index in [1.165, 1.54) is 0 Å². The number of rotatable bonds is 2. The molecule has 0 aliphatic carbocycles. The number of halogens is 1. The van der Waals surface area contributed by atoms with Crippen molar-refractivity contribution in [3.8, 4) is 0 Å². The summed E-state index contributed by atoms with van der Waals surface area (Å²) in [6, 6.07) is 3.74. The van der Waals surface area contributed by atoms with Crippen molar-refractivity contribution in [1.82, 2.24) is 9.38 Å². The normalized spacial score (nSPS) is 10.9. The van der Waals surface area contributed by atoms with Crippen LogP contribution in [0.25, 0.3) is 5.65 Å². The molecular formula is C10H10BrN3O. The highest BCUT2D eigenvalue weighted by atomic mass is 79.9. The van der Waals surface area contributed by atoms with Gasteiger partial charge in [-0.25, -0.2) is 4.98 Å². The fraction of sp³-hybridized carbons (Fsp3) is 0.200. The molecule has 0 bridgehead atoms. The molecule has 0 aromatic carbocycles. The Kier molecular flexibility index (Phi) is 2.58. The SMILES string of the molecule is Cc1nc2ccc(Br)cn2c1C(=O)CN. The van der Waals surface area contributed by atoms with Gasteiger partial charge in [-0.2, -0.15) is 0 Å². The summed E-state index contributed by atoms with van der Waals surface area (Å²) >= 11 is 3.36. The highest BCUT2D eigenvalue weighted by molar-refractivity contribution is 9.10. The van der Waals surface area contributed by atoms with Crippen LogP contribution < -0.4 is 5.73 Å². The number of aromatic nitrogens is 2. The highest BCUT2D eigenvalue weighted by Crippen LogP contribution is 2.16. The minimum Gasteiger partial charge on any atom is -0.324 e. The second-order valence-corrected chi connectivity index (χ2v) is 4.16. The molecule has 2 aromatic rings. The second kappa shape index (κ2) is 3.75. The van der Waals surface area contributed by atoms with Gasteiger partial charge in [0, 0.05) is 10.7 Å². The van der Waals surface area contributed by atoms with Crippen molar-refractivity contribution < 1.29 is 4.79 Å². The van der Waals surface area contributed by atoms with Crippen molar-refractivity contribution in [3.05, 3.63) is 34.2 Å². The van der Waals surface area contributed by atoms with Crippen molar-refractivity contribution in [3.63, 3.8) is 0 Å². The Labute approximate surface area is 95.2 Å². The van der Waals surface area contributed by atoms with E-state index in [0.29, 0.717) is 11.4 Å². The van der Waals surface area contributed by atoms with Gasteiger partial charge in [0.15, 0.2) is 5.78 Å². The van der Waals surface area contributed by atoms with Gasteiger partial charge in [-0.05, 0) is 35.0 Å². The van der Waals surface area contributed by atoms with Crippen molar-refractivity contribution >= 4 is 27.4 Å². The van der Waals surface area contributed by atoms with Crippen LogP contribution in [0.3, 0.4) is 0 Å². The summed E-state index contributed by atoms with van der Waals surface area (Å²) in [7, 11) is 0. The monoisotopic (exact) mass is 267 g/mol. The minimum absolute atomic E-state index is 0.00114. The lowest BCUT2D eigenvalue weighted by Gasteiger charge is -2.00. The molecule has 0 saturated heterocycles. The molecule has 0 radical (unpaired) electrons. The number of nitrogens with zero attached hydrogens (tertiary/aromatic N) is 2. The summed E-state index contributed by atoms with van der Waals surface area (Å²) in [6.45, 7) is 1.81. The van der Waals surface area contributed by atoms with Crippen LogP contribution in [0.1, 0.15) is 16.2 Å². The third-order valence-corrected chi connectivity index (χ3v) is 2.68. The molecule has 2 N–H and O–H groups in total. The van der Waals surface area contributed by atoms with E-state index < -0.39 is 0 Å². The summed E-state index contributed by atoms with van der Waals surface area (Å²) in [5, 5.41) is 0. The molecule has 0 unspecified atom stereocenters. The standard InChI is InChI=1S/C10H10BrN3O/c1-6-10(8(15)4-12)14-5-7(11)2-3-9(14)13-6/h2-3,5H,4,12H2,1H3. The van der Waals surface area contributed by atoms with Gasteiger partial charge in [0.25, 0.3) is 0 Å². The molecule has 78 valence electrons. The summed E-state index contributed by atoms with van der Waals surface area (Å²) in [5.74, 6) is -0.0990. The molecule has 2 heterocycles. The maximum Gasteiger partial charge on any atom is 0.194 e. The van der Waals surface area contributed by atoms with Gasteiger partial charge in [-0.15, -0.1) is 0 Å². The Balaban J connectivity index is 2.76. The number of fused-ring (bicyclic) bond motifs is 1. The van der Waals surface area contributed by atoms with Gasteiger partial charge in [0.05, 0.1) is 12.2 Å². The number of imidazole rings is 1. The maximum absolute atomic E-state index is 11.6. The Hall–Kier alpha value is -1.20. The number of carbonyl (C=O) groups excluding carboxylic acids is 1. The van der Waals surface area contributed by atoms with E-state index in [1.807, 2.05) is 25.3 Å². The topological polar surface area (TPSA) is 60.4 Å². The fourth-order valence-electron chi connectivity index (χ4n) is 1.57. The van der Waals surface area contributed by atoms with Gasteiger partial charge in [-0.3, -0.25) is 9.20 Å². The first-order valence-electron chi connectivity index (χ1n) is 4.51. The van der Waals surface area contributed by atoms with Gasteiger partial charge in [0.2, 0.25) is 0 Å². The molecule has 4 nitrogen and oxygen atoms in total. The second-order valence-electron chi connectivity index (χ2n) is 3.25. The molecule has 0 amide bonds. The van der Waals surface area contributed by atoms with Gasteiger partial charge in [0.1, 0.15) is 11.3 Å². The van der Waals surface area contributed by atoms with Crippen LogP contribution in [0.15, 0.2) is 22.8 Å². The lowest BCUT2D eigenvalue weighted by molar-refractivity contribution is 0.0995. The quantitative estimate of drug-likeness (QED) is 0.840. The molecular weight excluding hydrogens is 258 g/mol. The number of hydrogen-bond acceptors (Lipinski definition) is 3. The summed E-state index contributed by atoms with van der Waals surface area (Å²) < 4.78 is 2.66. The van der Waals surface area contributed by atoms with Gasteiger partial charge >= 0.3 is 0 Å². The van der Waals surface area contributed by atoms with E-state index in [4.69, 9.17) is 5.73 Å². The van der Waals surface area contributed by atoms with E-state index >= 15 is 0 Å². The first kappa shape index (κ1) is 10.3. The first-order valence-corrected chi connectivity index (χ1v) is 5.30. The molecule has 0 fully saturated rings. The molecule has 15 heavy (non-hydrogen) atoms. The van der Waals surface area contributed by atoms with Crippen molar-refractivity contribution in [2.45, 2.75) is 6.92 Å². The molecule has 2 rings (SSSR count). The predicted octanol–water partition coefficient (Wildman–Crippen LogP) is 1.55. The minimum atomic E-state index is -0.0990. The lowest BCUT2D eigenvalue weighted by Crippen LogP contribution is -2.16. The average Bonchev–Trinajstić information content (AvgIpc) is 2.52. The van der Waals surface area contributed by atoms with Gasteiger partial charge in [-0.1, -0.05) is 0 Å². The highest BCUT2D eigenvalue weighted by Gasteiger charge is 2.14. The number of aryl methyl sites for hydroxylation is 1. The third kappa shape index (κ3) is 1.68. The summed E-state index contributed by atoms with van der Waals surface area (Å²) in [4.78, 5) is 15.9. The Morgan fingerprint density at radius 2 is 2.33 bits per heavy atom. The molecule has 0 saturated carbocycles. The van der Waals surface area contributed by atoms with Crippen LogP contribution in [0.5, 0.6) is 0 Å². The number of pyridine rings is 1. The largest absolute Gasteiger partial charge is 0.324 e. The number of nitrogens with two attached hydrogens (primary N) is 1. The maximum atomic E-state index is 11.6. The van der Waals surface area contributed by atoms with Crippen molar-refractivity contribution in [2.24, 2.45) is 5.73 Å². The molecule has 0 atom stereocenters. The zero-order valence-corrected chi connectivity index (χ0v) is 9.78. The molecule has 0 aliphatic heterocycles. The van der Waals surface area contributed by atoms with Crippen LogP contribution in [-0.4, -0.2) is 21.7 Å². The predicted molar refractivity (Wildman–Crippen MR) is 61.0 cm³/mol. The molecule has 0 spiro atoms. The number of carbonyl (C=O) groups is 1.